The number of benzene rings is 1. The van der Waals surface area contributed by atoms with E-state index in [1.807, 2.05) is 6.92 Å². The number of rotatable bonds is 6. The van der Waals surface area contributed by atoms with Gasteiger partial charge in [-0.1, -0.05) is 37.0 Å². The molecule has 2 rings (SSSR count). The summed E-state index contributed by atoms with van der Waals surface area (Å²) in [4.78, 5) is 31.8. The van der Waals surface area contributed by atoms with Crippen molar-refractivity contribution in [1.82, 2.24) is 9.97 Å². The maximum atomic E-state index is 11.9. The van der Waals surface area contributed by atoms with Gasteiger partial charge in [-0.25, -0.2) is 9.97 Å². The largest absolute Gasteiger partial charge is 0.364 e. The second-order valence-corrected chi connectivity index (χ2v) is 5.74. The summed E-state index contributed by atoms with van der Waals surface area (Å²) in [6.45, 7) is 3.59. The van der Waals surface area contributed by atoms with Gasteiger partial charge in [-0.15, -0.1) is 0 Å². The molecule has 1 heterocycles. The van der Waals surface area contributed by atoms with Crippen molar-refractivity contribution >= 4 is 46.4 Å². The number of carbonyl (C=O) groups is 2. The lowest BCUT2D eigenvalue weighted by Gasteiger charge is -2.12. The number of anilines is 2. The molecule has 1 aromatic heterocycles. The first kappa shape index (κ1) is 18.2. The highest BCUT2D eigenvalue weighted by Gasteiger charge is 2.17. The highest BCUT2D eigenvalue weighted by Crippen LogP contribution is 2.26. The number of ketones is 1. The van der Waals surface area contributed by atoms with Crippen molar-refractivity contribution in [3.05, 3.63) is 45.3 Å². The van der Waals surface area contributed by atoms with E-state index in [2.05, 4.69) is 15.3 Å². The summed E-state index contributed by atoms with van der Waals surface area (Å²) in [5.41, 5.74) is 6.73. The van der Waals surface area contributed by atoms with Crippen LogP contribution >= 0.6 is 23.2 Å². The summed E-state index contributed by atoms with van der Waals surface area (Å²) < 4.78 is 0. The third-order valence-electron chi connectivity index (χ3n) is 3.34. The van der Waals surface area contributed by atoms with E-state index in [1.54, 1.807) is 25.1 Å². The fourth-order valence-electron chi connectivity index (χ4n) is 2.08. The lowest BCUT2D eigenvalue weighted by Crippen LogP contribution is -2.18. The lowest BCUT2D eigenvalue weighted by atomic mass is 10.1. The molecule has 0 bridgehead atoms. The van der Waals surface area contributed by atoms with E-state index in [9.17, 15) is 9.59 Å². The first-order valence-corrected chi connectivity index (χ1v) is 8.08. The Morgan fingerprint density at radius 1 is 1.21 bits per heavy atom. The molecule has 6 nitrogen and oxygen atoms in total. The van der Waals surface area contributed by atoms with Gasteiger partial charge in [0.15, 0.2) is 22.4 Å². The van der Waals surface area contributed by atoms with Crippen molar-refractivity contribution in [2.24, 2.45) is 5.73 Å². The third-order valence-corrected chi connectivity index (χ3v) is 3.97. The van der Waals surface area contributed by atoms with Crippen LogP contribution in [0.2, 0.25) is 10.2 Å². The summed E-state index contributed by atoms with van der Waals surface area (Å²) in [6.07, 6.45) is 0.842. The van der Waals surface area contributed by atoms with Crippen molar-refractivity contribution < 1.29 is 9.59 Å². The van der Waals surface area contributed by atoms with Crippen molar-refractivity contribution in [2.45, 2.75) is 26.7 Å². The Labute approximate surface area is 149 Å². The molecule has 0 saturated carbocycles. The average molecular weight is 367 g/mol. The smallest absolute Gasteiger partial charge is 0.271 e. The molecule has 2 aromatic rings. The maximum absolute atomic E-state index is 11.9. The Bertz CT molecular complexity index is 809. The molecule has 0 unspecified atom stereocenters. The van der Waals surface area contributed by atoms with E-state index in [4.69, 9.17) is 28.9 Å². The van der Waals surface area contributed by atoms with Crippen molar-refractivity contribution in [3.63, 3.8) is 0 Å². The molecule has 126 valence electrons. The number of Topliss-reactive ketones (excluding diaryl/α,β-unsaturated/α-hetero) is 1. The van der Waals surface area contributed by atoms with Gasteiger partial charge in [0.1, 0.15) is 0 Å². The second-order valence-electron chi connectivity index (χ2n) is 4.97. The Morgan fingerprint density at radius 3 is 2.50 bits per heavy atom. The molecule has 3 N–H and O–H groups in total. The molecule has 0 spiro atoms. The zero-order chi connectivity index (χ0) is 17.9. The molecule has 0 aliphatic heterocycles. The van der Waals surface area contributed by atoms with Gasteiger partial charge in [0.2, 0.25) is 0 Å². The van der Waals surface area contributed by atoms with E-state index in [1.165, 1.54) is 0 Å². The van der Waals surface area contributed by atoms with E-state index in [-0.39, 0.29) is 22.4 Å². The molecular formula is C16H16Cl2N4O2. The summed E-state index contributed by atoms with van der Waals surface area (Å²) in [7, 11) is 0. The number of carbonyl (C=O) groups excluding carboxylic acids is 2. The van der Waals surface area contributed by atoms with Crippen LogP contribution in [0.1, 0.15) is 46.8 Å². The number of aromatic nitrogens is 2. The van der Waals surface area contributed by atoms with Gasteiger partial charge in [-0.2, -0.15) is 0 Å². The van der Waals surface area contributed by atoms with Crippen LogP contribution in [-0.2, 0) is 6.42 Å². The minimum absolute atomic E-state index is 0.0189. The molecule has 1 aromatic carbocycles. The number of halogens is 2. The highest BCUT2D eigenvalue weighted by atomic mass is 35.5. The summed E-state index contributed by atoms with van der Waals surface area (Å²) in [5, 5.41) is 3.46. The van der Waals surface area contributed by atoms with E-state index in [0.29, 0.717) is 34.8 Å². The van der Waals surface area contributed by atoms with Crippen LogP contribution in [-0.4, -0.2) is 21.7 Å². The van der Waals surface area contributed by atoms with Crippen LogP contribution in [0.5, 0.6) is 0 Å². The quantitative estimate of drug-likeness (QED) is 0.757. The monoisotopic (exact) mass is 366 g/mol. The Hall–Kier alpha value is -2.18. The SMILES string of the molecule is CCC(=O)c1cc(Nc2nc(Cl)c(CC)nc2C(N)=O)ccc1Cl. The Morgan fingerprint density at radius 2 is 1.92 bits per heavy atom. The molecule has 0 aliphatic rings. The fraction of sp³-hybridized carbons (Fsp3) is 0.250. The normalized spacial score (nSPS) is 10.5. The van der Waals surface area contributed by atoms with Gasteiger partial charge in [-0.05, 0) is 24.6 Å². The molecule has 0 radical (unpaired) electrons. The Kier molecular flexibility index (Phi) is 5.75. The summed E-state index contributed by atoms with van der Waals surface area (Å²) >= 11 is 12.1. The van der Waals surface area contributed by atoms with Gasteiger partial charge < -0.3 is 11.1 Å². The van der Waals surface area contributed by atoms with Gasteiger partial charge in [0.05, 0.1) is 10.7 Å². The molecule has 0 atom stereocenters. The standard InChI is InChI=1S/C16H16Cl2N4O2/c1-3-11-14(18)22-16(13(21-11)15(19)24)20-8-5-6-10(17)9(7-8)12(23)4-2/h5-7H,3-4H2,1-2H3,(H2,19,24)(H,20,22). The van der Waals surface area contributed by atoms with Gasteiger partial charge in [0, 0.05) is 17.7 Å². The van der Waals surface area contributed by atoms with Crippen LogP contribution < -0.4 is 11.1 Å². The molecule has 1 amide bonds. The first-order valence-electron chi connectivity index (χ1n) is 7.33. The summed E-state index contributed by atoms with van der Waals surface area (Å²) in [5.74, 6) is -0.693. The molecule has 0 aliphatic carbocycles. The van der Waals surface area contributed by atoms with Crippen molar-refractivity contribution in [2.75, 3.05) is 5.32 Å². The van der Waals surface area contributed by atoms with Crippen molar-refractivity contribution in [1.29, 1.82) is 0 Å². The average Bonchev–Trinajstić information content (AvgIpc) is 2.55. The number of amides is 1. The number of primary amides is 1. The topological polar surface area (TPSA) is 98.0 Å². The second kappa shape index (κ2) is 7.59. The number of nitrogens with two attached hydrogens (primary N) is 1. The van der Waals surface area contributed by atoms with Gasteiger partial charge >= 0.3 is 0 Å². The number of hydrogen-bond donors (Lipinski definition) is 2. The molecule has 8 heteroatoms. The van der Waals surface area contributed by atoms with Crippen molar-refractivity contribution in [3.8, 4) is 0 Å². The number of nitrogens with zero attached hydrogens (tertiary/aromatic N) is 2. The molecule has 24 heavy (non-hydrogen) atoms. The van der Waals surface area contributed by atoms with E-state index in [0.717, 1.165) is 0 Å². The molecular weight excluding hydrogens is 351 g/mol. The predicted molar refractivity (Wildman–Crippen MR) is 94.3 cm³/mol. The van der Waals surface area contributed by atoms with Crippen LogP contribution in [0.4, 0.5) is 11.5 Å². The number of hydrogen-bond acceptors (Lipinski definition) is 5. The van der Waals surface area contributed by atoms with Crippen LogP contribution in [0.3, 0.4) is 0 Å². The molecule has 0 saturated heterocycles. The fourth-order valence-corrected chi connectivity index (χ4v) is 2.56. The predicted octanol–water partition coefficient (Wildman–Crippen LogP) is 3.78. The first-order chi connectivity index (χ1) is 11.4. The zero-order valence-corrected chi connectivity index (χ0v) is 14.7. The minimum atomic E-state index is -0.727. The minimum Gasteiger partial charge on any atom is -0.364 e. The lowest BCUT2D eigenvalue weighted by molar-refractivity contribution is 0.0983. The zero-order valence-electron chi connectivity index (χ0n) is 13.2. The molecule has 0 fully saturated rings. The van der Waals surface area contributed by atoms with Crippen LogP contribution in [0.15, 0.2) is 18.2 Å². The Balaban J connectivity index is 2.46. The number of nitrogens with one attached hydrogen (secondary N) is 1. The third kappa shape index (κ3) is 3.83. The van der Waals surface area contributed by atoms with Crippen LogP contribution in [0.25, 0.3) is 0 Å². The highest BCUT2D eigenvalue weighted by molar-refractivity contribution is 6.34. The van der Waals surface area contributed by atoms with E-state index < -0.39 is 5.91 Å². The van der Waals surface area contributed by atoms with Gasteiger partial charge in [0.25, 0.3) is 5.91 Å². The van der Waals surface area contributed by atoms with Gasteiger partial charge in [-0.3, -0.25) is 9.59 Å². The maximum Gasteiger partial charge on any atom is 0.271 e. The van der Waals surface area contributed by atoms with Crippen LogP contribution in [0, 0.1) is 0 Å². The summed E-state index contributed by atoms with van der Waals surface area (Å²) in [6, 6.07) is 4.83. The van der Waals surface area contributed by atoms with E-state index >= 15 is 0 Å². The number of aryl methyl sites for hydroxylation is 1.